The maximum absolute atomic E-state index is 12.0. The number of anilines is 1. The van der Waals surface area contributed by atoms with Gasteiger partial charge in [-0.05, 0) is 50.5 Å². The maximum Gasteiger partial charge on any atom is 0.225 e. The van der Waals surface area contributed by atoms with E-state index in [1.165, 1.54) is 31.5 Å². The first-order chi connectivity index (χ1) is 9.73. The van der Waals surface area contributed by atoms with Crippen LogP contribution in [0, 0.1) is 0 Å². The van der Waals surface area contributed by atoms with E-state index in [0.717, 1.165) is 18.7 Å². The summed E-state index contributed by atoms with van der Waals surface area (Å²) in [6.07, 6.45) is 4.07. The predicted octanol–water partition coefficient (Wildman–Crippen LogP) is 1.71. The summed E-state index contributed by atoms with van der Waals surface area (Å²) in [5.74, 6) is 0.0931. The molecule has 0 aromatic heterocycles. The number of rotatable bonds is 4. The lowest BCUT2D eigenvalue weighted by Crippen LogP contribution is -2.45. The standard InChI is InChI=1S/C16H23N3O/c17-12-16(7-10-19-8-3-4-9-19)11-15(20)18-14-6-2-1-5-13(14)16/h1-2,5-6H,3-4,7-12,17H2,(H,18,20). The van der Waals surface area contributed by atoms with Gasteiger partial charge in [0.2, 0.25) is 5.91 Å². The van der Waals surface area contributed by atoms with Crippen LogP contribution in [-0.2, 0) is 10.2 Å². The second-order valence-corrected chi connectivity index (χ2v) is 6.05. The first-order valence-electron chi connectivity index (χ1n) is 7.55. The topological polar surface area (TPSA) is 58.4 Å². The van der Waals surface area contributed by atoms with Crippen LogP contribution in [0.4, 0.5) is 5.69 Å². The fourth-order valence-corrected chi connectivity index (χ4v) is 3.54. The second kappa shape index (κ2) is 5.54. The number of nitrogens with two attached hydrogens (primary N) is 1. The van der Waals surface area contributed by atoms with E-state index in [1.54, 1.807) is 0 Å². The molecule has 0 radical (unpaired) electrons. The van der Waals surface area contributed by atoms with Gasteiger partial charge in [0.05, 0.1) is 0 Å². The fourth-order valence-electron chi connectivity index (χ4n) is 3.54. The van der Waals surface area contributed by atoms with Crippen molar-refractivity contribution in [2.45, 2.75) is 31.1 Å². The van der Waals surface area contributed by atoms with E-state index in [9.17, 15) is 4.79 Å². The minimum atomic E-state index is -0.193. The Kier molecular flexibility index (Phi) is 3.76. The lowest BCUT2D eigenvalue weighted by atomic mass is 9.72. The highest BCUT2D eigenvalue weighted by atomic mass is 16.1. The molecule has 1 fully saturated rings. The molecule has 2 heterocycles. The van der Waals surface area contributed by atoms with E-state index in [2.05, 4.69) is 16.3 Å². The summed E-state index contributed by atoms with van der Waals surface area (Å²) < 4.78 is 0. The molecular weight excluding hydrogens is 250 g/mol. The van der Waals surface area contributed by atoms with Gasteiger partial charge in [-0.3, -0.25) is 4.79 Å². The first-order valence-corrected chi connectivity index (χ1v) is 7.55. The molecule has 1 amide bonds. The molecule has 0 saturated carbocycles. The number of likely N-dealkylation sites (tertiary alicyclic amines) is 1. The minimum absolute atomic E-state index is 0.0931. The van der Waals surface area contributed by atoms with Gasteiger partial charge in [-0.25, -0.2) is 0 Å². The monoisotopic (exact) mass is 273 g/mol. The summed E-state index contributed by atoms with van der Waals surface area (Å²) in [7, 11) is 0. The first kappa shape index (κ1) is 13.6. The van der Waals surface area contributed by atoms with Crippen LogP contribution in [0.15, 0.2) is 24.3 Å². The lowest BCUT2D eigenvalue weighted by Gasteiger charge is -2.38. The van der Waals surface area contributed by atoms with Gasteiger partial charge in [0.1, 0.15) is 0 Å². The Hall–Kier alpha value is -1.39. The zero-order chi connectivity index (χ0) is 14.0. The van der Waals surface area contributed by atoms with Crippen molar-refractivity contribution in [3.05, 3.63) is 29.8 Å². The number of nitrogens with zero attached hydrogens (tertiary/aromatic N) is 1. The SMILES string of the molecule is NCC1(CCN2CCCC2)CC(=O)Nc2ccccc21. The van der Waals surface area contributed by atoms with Gasteiger partial charge in [-0.2, -0.15) is 0 Å². The molecule has 4 heteroatoms. The number of carbonyl (C=O) groups is 1. The van der Waals surface area contributed by atoms with Crippen LogP contribution in [0.3, 0.4) is 0 Å². The molecule has 1 aromatic carbocycles. The molecule has 20 heavy (non-hydrogen) atoms. The molecule has 1 unspecified atom stereocenters. The Balaban J connectivity index is 1.84. The highest BCUT2D eigenvalue weighted by Crippen LogP contribution is 2.39. The molecule has 108 valence electrons. The minimum Gasteiger partial charge on any atom is -0.330 e. The predicted molar refractivity (Wildman–Crippen MR) is 80.7 cm³/mol. The Labute approximate surface area is 120 Å². The molecule has 2 aliphatic rings. The van der Waals surface area contributed by atoms with Crippen molar-refractivity contribution >= 4 is 11.6 Å². The summed E-state index contributed by atoms with van der Waals surface area (Å²) in [6, 6.07) is 8.10. The van der Waals surface area contributed by atoms with Gasteiger partial charge in [-0.15, -0.1) is 0 Å². The van der Waals surface area contributed by atoms with Crippen LogP contribution < -0.4 is 11.1 Å². The maximum atomic E-state index is 12.0. The van der Waals surface area contributed by atoms with Crippen LogP contribution in [0.2, 0.25) is 0 Å². The summed E-state index contributed by atoms with van der Waals surface area (Å²) in [4.78, 5) is 14.5. The van der Waals surface area contributed by atoms with Crippen molar-refractivity contribution in [1.29, 1.82) is 0 Å². The fraction of sp³-hybridized carbons (Fsp3) is 0.562. The Bertz CT molecular complexity index is 496. The number of carbonyl (C=O) groups excluding carboxylic acids is 1. The number of nitrogens with one attached hydrogen (secondary N) is 1. The molecule has 0 bridgehead atoms. The largest absolute Gasteiger partial charge is 0.330 e. The van der Waals surface area contributed by atoms with Gasteiger partial charge in [0.15, 0.2) is 0 Å². The third-order valence-electron chi connectivity index (χ3n) is 4.77. The molecular formula is C16H23N3O. The van der Waals surface area contributed by atoms with Crippen molar-refractivity contribution in [3.63, 3.8) is 0 Å². The molecule has 0 aliphatic carbocycles. The number of hydrogen-bond donors (Lipinski definition) is 2. The summed E-state index contributed by atoms with van der Waals surface area (Å²) in [5, 5.41) is 2.97. The van der Waals surface area contributed by atoms with Gasteiger partial charge < -0.3 is 16.0 Å². The zero-order valence-corrected chi connectivity index (χ0v) is 11.9. The molecule has 3 N–H and O–H groups in total. The average molecular weight is 273 g/mol. The highest BCUT2D eigenvalue weighted by Gasteiger charge is 2.39. The van der Waals surface area contributed by atoms with E-state index < -0.39 is 0 Å². The zero-order valence-electron chi connectivity index (χ0n) is 11.9. The Morgan fingerprint density at radius 1 is 1.25 bits per heavy atom. The van der Waals surface area contributed by atoms with E-state index in [4.69, 9.17) is 5.73 Å². The number of benzene rings is 1. The summed E-state index contributed by atoms with van der Waals surface area (Å²) in [5.41, 5.74) is 8.06. The smallest absolute Gasteiger partial charge is 0.225 e. The molecule has 2 aliphatic heterocycles. The highest BCUT2D eigenvalue weighted by molar-refractivity contribution is 5.95. The van der Waals surface area contributed by atoms with Gasteiger partial charge in [0, 0.05) is 24.1 Å². The lowest BCUT2D eigenvalue weighted by molar-refractivity contribution is -0.117. The van der Waals surface area contributed by atoms with Crippen LogP contribution in [0.5, 0.6) is 0 Å². The molecule has 1 saturated heterocycles. The Morgan fingerprint density at radius 2 is 2.00 bits per heavy atom. The molecule has 0 spiro atoms. The van der Waals surface area contributed by atoms with Crippen LogP contribution in [0.1, 0.15) is 31.2 Å². The molecule has 1 aromatic rings. The summed E-state index contributed by atoms with van der Waals surface area (Å²) in [6.45, 7) is 3.95. The van der Waals surface area contributed by atoms with Crippen molar-refractivity contribution in [3.8, 4) is 0 Å². The molecule has 4 nitrogen and oxygen atoms in total. The summed E-state index contributed by atoms with van der Waals surface area (Å²) >= 11 is 0. The number of hydrogen-bond acceptors (Lipinski definition) is 3. The third kappa shape index (κ3) is 2.45. The number of fused-ring (bicyclic) bond motifs is 1. The van der Waals surface area contributed by atoms with Crippen molar-refractivity contribution in [1.82, 2.24) is 4.90 Å². The van der Waals surface area contributed by atoms with Crippen LogP contribution in [-0.4, -0.2) is 37.0 Å². The second-order valence-electron chi connectivity index (χ2n) is 6.05. The van der Waals surface area contributed by atoms with Crippen molar-refractivity contribution < 1.29 is 4.79 Å². The van der Waals surface area contributed by atoms with Gasteiger partial charge in [0.25, 0.3) is 0 Å². The Morgan fingerprint density at radius 3 is 2.75 bits per heavy atom. The van der Waals surface area contributed by atoms with E-state index in [1.807, 2.05) is 18.2 Å². The van der Waals surface area contributed by atoms with Crippen LogP contribution in [0.25, 0.3) is 0 Å². The molecule has 3 rings (SSSR count). The molecule has 1 atom stereocenters. The van der Waals surface area contributed by atoms with E-state index in [-0.39, 0.29) is 11.3 Å². The van der Waals surface area contributed by atoms with Gasteiger partial charge >= 0.3 is 0 Å². The van der Waals surface area contributed by atoms with Crippen molar-refractivity contribution in [2.24, 2.45) is 5.73 Å². The van der Waals surface area contributed by atoms with E-state index in [0.29, 0.717) is 13.0 Å². The third-order valence-corrected chi connectivity index (χ3v) is 4.77. The van der Waals surface area contributed by atoms with E-state index >= 15 is 0 Å². The quantitative estimate of drug-likeness (QED) is 0.878. The number of amides is 1. The normalized spacial score (nSPS) is 26.4. The van der Waals surface area contributed by atoms with Crippen molar-refractivity contribution in [2.75, 3.05) is 31.5 Å². The number of para-hydroxylation sites is 1. The van der Waals surface area contributed by atoms with Crippen LogP contribution >= 0.6 is 0 Å². The van der Waals surface area contributed by atoms with Gasteiger partial charge in [-0.1, -0.05) is 18.2 Å². The average Bonchev–Trinajstić information content (AvgIpc) is 2.98.